The molecule has 0 bridgehead atoms. The maximum Gasteiger partial charge on any atom is 0.258 e. The highest BCUT2D eigenvalue weighted by molar-refractivity contribution is 6.04. The molecule has 0 saturated carbocycles. The fourth-order valence-corrected chi connectivity index (χ4v) is 2.93. The average molecular weight is 304 g/mol. The number of rotatable bonds is 3. The zero-order valence-electron chi connectivity index (χ0n) is 12.6. The monoisotopic (exact) mass is 304 g/mol. The predicted molar refractivity (Wildman–Crippen MR) is 88.2 cm³/mol. The molecule has 0 spiro atoms. The molecular formula is C18H16N4O. The van der Waals surface area contributed by atoms with Crippen LogP contribution >= 0.6 is 0 Å². The summed E-state index contributed by atoms with van der Waals surface area (Å²) in [6.07, 6.45) is 9.34. The van der Waals surface area contributed by atoms with E-state index in [1.54, 1.807) is 18.6 Å². The lowest BCUT2D eigenvalue weighted by Crippen LogP contribution is -2.12. The Balaban J connectivity index is 1.55. The number of hydrogen-bond acceptors (Lipinski definition) is 3. The van der Waals surface area contributed by atoms with E-state index in [1.807, 2.05) is 36.5 Å². The predicted octanol–water partition coefficient (Wildman–Crippen LogP) is 3.14. The molecule has 0 radical (unpaired) electrons. The van der Waals surface area contributed by atoms with E-state index in [0.717, 1.165) is 30.5 Å². The molecule has 1 amide bonds. The third kappa shape index (κ3) is 2.73. The lowest BCUT2D eigenvalue weighted by molar-refractivity contribution is 0.102. The van der Waals surface area contributed by atoms with Gasteiger partial charge < -0.3 is 9.88 Å². The summed E-state index contributed by atoms with van der Waals surface area (Å²) in [6, 6.07) is 9.59. The molecular weight excluding hydrogens is 288 g/mol. The van der Waals surface area contributed by atoms with E-state index >= 15 is 0 Å². The summed E-state index contributed by atoms with van der Waals surface area (Å²) in [5, 5.41) is 2.87. The van der Waals surface area contributed by atoms with Crippen molar-refractivity contribution in [1.29, 1.82) is 0 Å². The Morgan fingerprint density at radius 2 is 2.13 bits per heavy atom. The fraction of sp³-hybridized carbons (Fsp3) is 0.167. The van der Waals surface area contributed by atoms with Crippen molar-refractivity contribution in [2.45, 2.75) is 19.4 Å². The van der Waals surface area contributed by atoms with Gasteiger partial charge in [0, 0.05) is 42.6 Å². The SMILES string of the molecule is O=C(Nc1cc(-c2cccnc2)ccn1)c1cc2n(c1)CCC2. The van der Waals surface area contributed by atoms with Gasteiger partial charge in [0.25, 0.3) is 5.91 Å². The number of amides is 1. The molecule has 0 saturated heterocycles. The van der Waals surface area contributed by atoms with Gasteiger partial charge in [-0.1, -0.05) is 6.07 Å². The Morgan fingerprint density at radius 1 is 1.17 bits per heavy atom. The minimum atomic E-state index is -0.122. The summed E-state index contributed by atoms with van der Waals surface area (Å²) < 4.78 is 2.15. The zero-order valence-corrected chi connectivity index (χ0v) is 12.6. The molecule has 5 heteroatoms. The lowest BCUT2D eigenvalue weighted by atomic mass is 10.1. The molecule has 0 unspecified atom stereocenters. The topological polar surface area (TPSA) is 59.8 Å². The molecule has 1 aliphatic heterocycles. The molecule has 0 aromatic carbocycles. The smallest absolute Gasteiger partial charge is 0.258 e. The van der Waals surface area contributed by atoms with Crippen molar-refractivity contribution >= 4 is 11.7 Å². The zero-order chi connectivity index (χ0) is 15.6. The van der Waals surface area contributed by atoms with Crippen LogP contribution in [0.15, 0.2) is 55.1 Å². The quantitative estimate of drug-likeness (QED) is 0.808. The summed E-state index contributed by atoms with van der Waals surface area (Å²) in [5.41, 5.74) is 3.89. The van der Waals surface area contributed by atoms with Crippen molar-refractivity contribution in [2.24, 2.45) is 0 Å². The Morgan fingerprint density at radius 3 is 2.96 bits per heavy atom. The van der Waals surface area contributed by atoms with E-state index in [9.17, 15) is 4.79 Å². The maximum absolute atomic E-state index is 12.4. The van der Waals surface area contributed by atoms with Crippen LogP contribution < -0.4 is 5.32 Å². The Kier molecular flexibility index (Phi) is 3.38. The highest BCUT2D eigenvalue weighted by Gasteiger charge is 2.16. The molecule has 4 rings (SSSR count). The van der Waals surface area contributed by atoms with Crippen molar-refractivity contribution in [3.05, 3.63) is 66.4 Å². The third-order valence-corrected chi connectivity index (χ3v) is 4.08. The van der Waals surface area contributed by atoms with E-state index in [1.165, 1.54) is 5.69 Å². The normalized spacial score (nSPS) is 12.9. The van der Waals surface area contributed by atoms with Crippen LogP contribution in [0.2, 0.25) is 0 Å². The number of aromatic nitrogens is 3. The molecule has 4 heterocycles. The van der Waals surface area contributed by atoms with Crippen LogP contribution in [0, 0.1) is 0 Å². The number of nitrogens with one attached hydrogen (secondary N) is 1. The van der Waals surface area contributed by atoms with Gasteiger partial charge in [0.2, 0.25) is 0 Å². The van der Waals surface area contributed by atoms with Gasteiger partial charge in [-0.05, 0) is 42.7 Å². The van der Waals surface area contributed by atoms with E-state index in [0.29, 0.717) is 11.4 Å². The van der Waals surface area contributed by atoms with Crippen molar-refractivity contribution < 1.29 is 4.79 Å². The second kappa shape index (κ2) is 5.68. The van der Waals surface area contributed by atoms with Gasteiger partial charge in [0.1, 0.15) is 5.82 Å². The highest BCUT2D eigenvalue weighted by Crippen LogP contribution is 2.21. The van der Waals surface area contributed by atoms with E-state index in [2.05, 4.69) is 19.9 Å². The second-order valence-corrected chi connectivity index (χ2v) is 5.64. The number of anilines is 1. The molecule has 3 aromatic heterocycles. The fourth-order valence-electron chi connectivity index (χ4n) is 2.93. The maximum atomic E-state index is 12.4. The number of pyridine rings is 2. The van der Waals surface area contributed by atoms with Crippen LogP contribution in [-0.2, 0) is 13.0 Å². The summed E-state index contributed by atoms with van der Waals surface area (Å²) in [5.74, 6) is 0.422. The Hall–Kier alpha value is -2.95. The van der Waals surface area contributed by atoms with E-state index < -0.39 is 0 Å². The summed E-state index contributed by atoms with van der Waals surface area (Å²) in [7, 11) is 0. The van der Waals surface area contributed by atoms with Crippen molar-refractivity contribution in [3.63, 3.8) is 0 Å². The molecule has 23 heavy (non-hydrogen) atoms. The first-order valence-corrected chi connectivity index (χ1v) is 7.66. The first-order chi connectivity index (χ1) is 11.3. The molecule has 0 fully saturated rings. The van der Waals surface area contributed by atoms with Crippen LogP contribution in [-0.4, -0.2) is 20.4 Å². The van der Waals surface area contributed by atoms with Gasteiger partial charge in [-0.2, -0.15) is 0 Å². The van der Waals surface area contributed by atoms with Crippen LogP contribution in [0.1, 0.15) is 22.5 Å². The molecule has 1 aliphatic rings. The molecule has 0 aliphatic carbocycles. The van der Waals surface area contributed by atoms with Crippen LogP contribution in [0.4, 0.5) is 5.82 Å². The summed E-state index contributed by atoms with van der Waals surface area (Å²) in [6.45, 7) is 0.997. The number of nitrogens with zero attached hydrogens (tertiary/aromatic N) is 3. The number of aryl methyl sites for hydroxylation is 2. The van der Waals surface area contributed by atoms with Gasteiger partial charge >= 0.3 is 0 Å². The minimum absolute atomic E-state index is 0.122. The standard InChI is InChI=1S/C18H16N4O/c23-18(15-9-16-4-2-8-22(16)12-15)21-17-10-13(5-7-20-17)14-3-1-6-19-11-14/h1,3,5-7,9-12H,2,4,8H2,(H,20,21,23). The molecule has 0 atom stereocenters. The second-order valence-electron chi connectivity index (χ2n) is 5.64. The Bertz CT molecular complexity index is 833. The van der Waals surface area contributed by atoms with E-state index in [4.69, 9.17) is 0 Å². The first-order valence-electron chi connectivity index (χ1n) is 7.66. The number of fused-ring (bicyclic) bond motifs is 1. The van der Waals surface area contributed by atoms with Crippen molar-refractivity contribution in [3.8, 4) is 11.1 Å². The Labute approximate surface area is 134 Å². The molecule has 114 valence electrons. The lowest BCUT2D eigenvalue weighted by Gasteiger charge is -2.06. The van der Waals surface area contributed by atoms with Gasteiger partial charge in [0.05, 0.1) is 5.56 Å². The number of carbonyl (C=O) groups is 1. The third-order valence-electron chi connectivity index (χ3n) is 4.08. The number of carbonyl (C=O) groups excluding carboxylic acids is 1. The summed E-state index contributed by atoms with van der Waals surface area (Å²) in [4.78, 5) is 20.7. The van der Waals surface area contributed by atoms with Crippen LogP contribution in [0.25, 0.3) is 11.1 Å². The first kappa shape index (κ1) is 13.7. The largest absolute Gasteiger partial charge is 0.351 e. The molecule has 5 nitrogen and oxygen atoms in total. The summed E-state index contributed by atoms with van der Waals surface area (Å²) >= 11 is 0. The van der Waals surface area contributed by atoms with Crippen molar-refractivity contribution in [2.75, 3.05) is 5.32 Å². The van der Waals surface area contributed by atoms with Gasteiger partial charge in [0.15, 0.2) is 0 Å². The van der Waals surface area contributed by atoms with Gasteiger partial charge in [-0.3, -0.25) is 9.78 Å². The average Bonchev–Trinajstić information content (AvgIpc) is 3.18. The van der Waals surface area contributed by atoms with E-state index in [-0.39, 0.29) is 5.91 Å². The van der Waals surface area contributed by atoms with Gasteiger partial charge in [-0.25, -0.2) is 4.98 Å². The number of hydrogen-bond donors (Lipinski definition) is 1. The van der Waals surface area contributed by atoms with Gasteiger partial charge in [-0.15, -0.1) is 0 Å². The van der Waals surface area contributed by atoms with Crippen molar-refractivity contribution in [1.82, 2.24) is 14.5 Å². The van der Waals surface area contributed by atoms with Crippen LogP contribution in [0.5, 0.6) is 0 Å². The highest BCUT2D eigenvalue weighted by atomic mass is 16.1. The molecule has 3 aromatic rings. The minimum Gasteiger partial charge on any atom is -0.351 e. The van der Waals surface area contributed by atoms with Crippen LogP contribution in [0.3, 0.4) is 0 Å². The molecule has 1 N–H and O–H groups in total.